The molecule has 2 aromatic rings. The zero-order chi connectivity index (χ0) is 19.7. The summed E-state index contributed by atoms with van der Waals surface area (Å²) < 4.78 is 26.5. The van der Waals surface area contributed by atoms with E-state index in [1.807, 2.05) is 30.3 Å². The van der Waals surface area contributed by atoms with E-state index in [0.717, 1.165) is 5.56 Å². The number of aliphatic hydroxyl groups is 1. The van der Waals surface area contributed by atoms with Gasteiger partial charge in [0.15, 0.2) is 0 Å². The molecule has 1 aliphatic heterocycles. The Morgan fingerprint density at radius 2 is 1.89 bits per heavy atom. The van der Waals surface area contributed by atoms with E-state index in [2.05, 4.69) is 0 Å². The van der Waals surface area contributed by atoms with Gasteiger partial charge in [-0.3, -0.25) is 0 Å². The third kappa shape index (κ3) is 4.22. The number of alkyl halides is 1. The van der Waals surface area contributed by atoms with Crippen molar-refractivity contribution in [2.45, 2.75) is 45.4 Å². The summed E-state index contributed by atoms with van der Waals surface area (Å²) >= 11 is 0. The molecule has 6 heteroatoms. The molecule has 0 saturated heterocycles. The molecule has 0 saturated carbocycles. The van der Waals surface area contributed by atoms with Gasteiger partial charge in [0.25, 0.3) is 0 Å². The van der Waals surface area contributed by atoms with E-state index in [1.165, 1.54) is 0 Å². The molecule has 0 spiro atoms. The first-order valence-electron chi connectivity index (χ1n) is 8.89. The molecule has 1 aliphatic rings. The topological polar surface area (TPSA) is 59.0 Å². The number of ether oxygens (including phenoxy) is 2. The maximum Gasteiger partial charge on any atom is 0.414 e. The number of rotatable bonds is 3. The van der Waals surface area contributed by atoms with Crippen molar-refractivity contribution in [3.05, 3.63) is 65.2 Å². The smallest absolute Gasteiger partial charge is 0.414 e. The van der Waals surface area contributed by atoms with Gasteiger partial charge in [-0.1, -0.05) is 42.5 Å². The summed E-state index contributed by atoms with van der Waals surface area (Å²) in [5, 5.41) is 10.6. The van der Waals surface area contributed by atoms with Crippen molar-refractivity contribution < 1.29 is 23.8 Å². The third-order valence-corrected chi connectivity index (χ3v) is 4.24. The van der Waals surface area contributed by atoms with Crippen molar-refractivity contribution in [2.75, 3.05) is 6.54 Å². The first-order valence-corrected chi connectivity index (χ1v) is 8.89. The Morgan fingerprint density at radius 3 is 2.56 bits per heavy atom. The maximum absolute atomic E-state index is 15.4. The average molecular weight is 373 g/mol. The number of hydrogen-bond donors (Lipinski definition) is 1. The van der Waals surface area contributed by atoms with Gasteiger partial charge >= 0.3 is 12.1 Å². The van der Waals surface area contributed by atoms with Crippen molar-refractivity contribution in [2.24, 2.45) is 0 Å². The number of nitrogens with zero attached hydrogens (tertiary/aromatic N) is 1. The van der Waals surface area contributed by atoms with Crippen LogP contribution in [0.4, 0.5) is 9.18 Å². The lowest BCUT2D eigenvalue weighted by atomic mass is 9.96. The highest BCUT2D eigenvalue weighted by atomic mass is 19.2. The Balaban J connectivity index is 1.88. The SMILES string of the molecule is CC(C)(C)OC(=O)N1CCc2cccc(OCc3ccccc3)c2C1(O)F. The number of carbonyl (C=O) groups is 1. The summed E-state index contributed by atoms with van der Waals surface area (Å²) in [6.07, 6.45) is -0.514. The molecule has 1 atom stereocenters. The minimum atomic E-state index is -3.01. The van der Waals surface area contributed by atoms with E-state index in [-0.39, 0.29) is 24.5 Å². The van der Waals surface area contributed by atoms with Crippen LogP contribution in [0, 0.1) is 0 Å². The second kappa shape index (κ2) is 7.19. The van der Waals surface area contributed by atoms with Crippen LogP contribution in [-0.4, -0.2) is 28.2 Å². The number of benzene rings is 2. The van der Waals surface area contributed by atoms with Crippen molar-refractivity contribution in [1.29, 1.82) is 0 Å². The number of halogens is 1. The maximum atomic E-state index is 15.4. The Labute approximate surface area is 158 Å². The van der Waals surface area contributed by atoms with Crippen LogP contribution in [0.1, 0.15) is 37.5 Å². The molecule has 1 heterocycles. The molecule has 1 amide bonds. The van der Waals surface area contributed by atoms with Crippen molar-refractivity contribution >= 4 is 6.09 Å². The molecule has 0 aliphatic carbocycles. The molecule has 144 valence electrons. The first kappa shape index (κ1) is 19.2. The lowest BCUT2D eigenvalue weighted by molar-refractivity contribution is -0.213. The molecule has 27 heavy (non-hydrogen) atoms. The fourth-order valence-corrected chi connectivity index (χ4v) is 3.05. The first-order chi connectivity index (χ1) is 12.7. The Morgan fingerprint density at radius 1 is 1.19 bits per heavy atom. The normalized spacial score (nSPS) is 19.4. The van der Waals surface area contributed by atoms with Crippen LogP contribution in [0.15, 0.2) is 48.5 Å². The van der Waals surface area contributed by atoms with E-state index < -0.39 is 17.7 Å². The Hall–Kier alpha value is -2.60. The standard InChI is InChI=1S/C21H24FNO4/c1-20(2,3)27-19(24)23-13-12-16-10-7-11-17(18(16)21(23,22)25)26-14-15-8-5-4-6-9-15/h4-11,25H,12-14H2,1-3H3. The van der Waals surface area contributed by atoms with Gasteiger partial charge in [0.2, 0.25) is 0 Å². The number of amides is 1. The van der Waals surface area contributed by atoms with Gasteiger partial charge in [-0.25, -0.2) is 9.69 Å². The quantitative estimate of drug-likeness (QED) is 0.822. The van der Waals surface area contributed by atoms with E-state index in [9.17, 15) is 9.90 Å². The fourth-order valence-electron chi connectivity index (χ4n) is 3.05. The fraction of sp³-hybridized carbons (Fsp3) is 0.381. The minimum absolute atomic E-state index is 0.0110. The zero-order valence-electron chi connectivity index (χ0n) is 15.7. The van der Waals surface area contributed by atoms with Crippen molar-refractivity contribution in [3.8, 4) is 5.75 Å². The summed E-state index contributed by atoms with van der Waals surface area (Å²) in [6, 6.07) is 14.5. The molecule has 1 unspecified atom stereocenters. The number of hydrogen-bond acceptors (Lipinski definition) is 4. The average Bonchev–Trinajstić information content (AvgIpc) is 2.59. The third-order valence-electron chi connectivity index (χ3n) is 4.24. The van der Waals surface area contributed by atoms with E-state index >= 15 is 4.39 Å². The molecular weight excluding hydrogens is 349 g/mol. The van der Waals surface area contributed by atoms with Gasteiger partial charge in [0, 0.05) is 6.54 Å². The lowest BCUT2D eigenvalue weighted by Gasteiger charge is -2.39. The van der Waals surface area contributed by atoms with Gasteiger partial charge in [0.1, 0.15) is 18.0 Å². The summed E-state index contributed by atoms with van der Waals surface area (Å²) in [6.45, 7) is 5.30. The largest absolute Gasteiger partial charge is 0.488 e. The van der Waals surface area contributed by atoms with Crippen LogP contribution in [-0.2, 0) is 23.7 Å². The highest BCUT2D eigenvalue weighted by molar-refractivity contribution is 5.70. The number of carbonyl (C=O) groups excluding carboxylic acids is 1. The van der Waals surface area contributed by atoms with Crippen LogP contribution < -0.4 is 4.74 Å². The highest BCUT2D eigenvalue weighted by Crippen LogP contribution is 2.41. The zero-order valence-corrected chi connectivity index (χ0v) is 15.7. The van der Waals surface area contributed by atoms with Crippen molar-refractivity contribution in [1.82, 2.24) is 4.90 Å². The molecule has 0 radical (unpaired) electrons. The van der Waals surface area contributed by atoms with Crippen LogP contribution in [0.25, 0.3) is 0 Å². The van der Waals surface area contributed by atoms with Gasteiger partial charge in [-0.2, -0.15) is 4.39 Å². The Bertz CT molecular complexity index is 815. The second-order valence-corrected chi connectivity index (χ2v) is 7.53. The van der Waals surface area contributed by atoms with Gasteiger partial charge < -0.3 is 14.6 Å². The lowest BCUT2D eigenvalue weighted by Crippen LogP contribution is -2.52. The number of fused-ring (bicyclic) bond motifs is 1. The molecule has 1 N–H and O–H groups in total. The van der Waals surface area contributed by atoms with Crippen LogP contribution in [0.3, 0.4) is 0 Å². The minimum Gasteiger partial charge on any atom is -0.488 e. The molecule has 5 nitrogen and oxygen atoms in total. The predicted octanol–water partition coefficient (Wildman–Crippen LogP) is 4.13. The molecule has 0 fully saturated rings. The van der Waals surface area contributed by atoms with Gasteiger partial charge in [-0.15, -0.1) is 0 Å². The van der Waals surface area contributed by atoms with E-state index in [1.54, 1.807) is 39.0 Å². The molecule has 0 aromatic heterocycles. The molecule has 0 bridgehead atoms. The highest BCUT2D eigenvalue weighted by Gasteiger charge is 2.48. The van der Waals surface area contributed by atoms with E-state index in [4.69, 9.17) is 9.47 Å². The molecule has 2 aromatic carbocycles. The summed E-state index contributed by atoms with van der Waals surface area (Å²) in [7, 11) is 0. The van der Waals surface area contributed by atoms with Crippen LogP contribution >= 0.6 is 0 Å². The predicted molar refractivity (Wildman–Crippen MR) is 98.9 cm³/mol. The summed E-state index contributed by atoms with van der Waals surface area (Å²) in [4.78, 5) is 13.1. The molecular formula is C21H24FNO4. The van der Waals surface area contributed by atoms with Gasteiger partial charge in [-0.05, 0) is 44.4 Å². The molecule has 3 rings (SSSR count). The summed E-state index contributed by atoms with van der Waals surface area (Å²) in [5.41, 5.74) is 0.678. The summed E-state index contributed by atoms with van der Waals surface area (Å²) in [5.74, 6) is -2.81. The van der Waals surface area contributed by atoms with Crippen LogP contribution in [0.2, 0.25) is 0 Å². The van der Waals surface area contributed by atoms with Crippen molar-refractivity contribution in [3.63, 3.8) is 0 Å². The Kier molecular flexibility index (Phi) is 5.11. The van der Waals surface area contributed by atoms with Gasteiger partial charge in [0.05, 0.1) is 5.56 Å². The second-order valence-electron chi connectivity index (χ2n) is 7.53. The van der Waals surface area contributed by atoms with E-state index in [0.29, 0.717) is 16.9 Å². The monoisotopic (exact) mass is 373 g/mol. The van der Waals surface area contributed by atoms with Crippen LogP contribution in [0.5, 0.6) is 5.75 Å².